The number of nitrogens with zero attached hydrogens (tertiary/aromatic N) is 1. The van der Waals surface area contributed by atoms with Crippen molar-refractivity contribution in [2.45, 2.75) is 46.5 Å². The molecule has 1 heterocycles. The second-order valence-corrected chi connectivity index (χ2v) is 9.17. The Balaban J connectivity index is 1.43. The predicted molar refractivity (Wildman–Crippen MR) is 126 cm³/mol. The van der Waals surface area contributed by atoms with Crippen molar-refractivity contribution >= 4 is 22.7 Å². The average Bonchev–Trinajstić information content (AvgIpc) is 3.10. The first-order valence-electron chi connectivity index (χ1n) is 10.6. The summed E-state index contributed by atoms with van der Waals surface area (Å²) in [6.07, 6.45) is 0.606. The number of carbonyl (C=O) groups excluding carboxylic acids is 1. The van der Waals surface area contributed by atoms with Gasteiger partial charge in [-0.15, -0.1) is 0 Å². The lowest BCUT2D eigenvalue weighted by Gasteiger charge is -2.19. The molecule has 0 saturated carbocycles. The van der Waals surface area contributed by atoms with Crippen LogP contribution in [0.5, 0.6) is 0 Å². The van der Waals surface area contributed by atoms with E-state index in [1.807, 2.05) is 54.6 Å². The van der Waals surface area contributed by atoms with E-state index in [1.165, 1.54) is 16.7 Å². The van der Waals surface area contributed by atoms with Crippen molar-refractivity contribution in [1.29, 1.82) is 0 Å². The maximum atomic E-state index is 12.6. The average molecular weight is 413 g/mol. The highest BCUT2D eigenvalue weighted by Crippen LogP contribution is 2.24. The second kappa shape index (κ2) is 8.03. The SMILES string of the molecule is Cc1cc2nc(Cc3ccc(NC(=O)c4ccc(C(C)(C)C)cc4)cc3)oc2cc1C. The summed E-state index contributed by atoms with van der Waals surface area (Å²) in [7, 11) is 0. The molecule has 0 aliphatic rings. The maximum Gasteiger partial charge on any atom is 0.255 e. The number of benzene rings is 3. The normalized spacial score (nSPS) is 11.6. The third-order valence-electron chi connectivity index (χ3n) is 5.63. The van der Waals surface area contributed by atoms with Gasteiger partial charge in [-0.3, -0.25) is 4.79 Å². The topological polar surface area (TPSA) is 55.1 Å². The molecule has 0 radical (unpaired) electrons. The maximum absolute atomic E-state index is 12.6. The zero-order chi connectivity index (χ0) is 22.2. The van der Waals surface area contributed by atoms with Crippen molar-refractivity contribution in [3.8, 4) is 0 Å². The Labute approximate surface area is 183 Å². The first-order chi connectivity index (χ1) is 14.7. The number of amides is 1. The Hall–Kier alpha value is -3.40. The molecule has 4 aromatic rings. The smallest absolute Gasteiger partial charge is 0.255 e. The number of hydrogen-bond acceptors (Lipinski definition) is 3. The summed E-state index contributed by atoms with van der Waals surface area (Å²) in [5.41, 5.74) is 7.87. The number of aryl methyl sites for hydroxylation is 2. The molecule has 0 bridgehead atoms. The van der Waals surface area contributed by atoms with Crippen LogP contribution in [0, 0.1) is 13.8 Å². The molecule has 4 heteroatoms. The van der Waals surface area contributed by atoms with Crippen molar-refractivity contribution in [3.05, 3.63) is 94.4 Å². The van der Waals surface area contributed by atoms with Crippen LogP contribution >= 0.6 is 0 Å². The number of aromatic nitrogens is 1. The summed E-state index contributed by atoms with van der Waals surface area (Å²) < 4.78 is 5.91. The molecular weight excluding hydrogens is 384 g/mol. The van der Waals surface area contributed by atoms with Crippen molar-refractivity contribution in [2.75, 3.05) is 5.32 Å². The molecule has 0 spiro atoms. The Morgan fingerprint density at radius 3 is 2.23 bits per heavy atom. The predicted octanol–water partition coefficient (Wildman–Crippen LogP) is 6.59. The number of anilines is 1. The molecule has 0 atom stereocenters. The van der Waals surface area contributed by atoms with Crippen LogP contribution in [0.15, 0.2) is 65.1 Å². The molecule has 4 nitrogen and oxygen atoms in total. The number of fused-ring (bicyclic) bond motifs is 1. The Bertz CT molecular complexity index is 1190. The van der Waals surface area contributed by atoms with Crippen LogP contribution in [-0.4, -0.2) is 10.9 Å². The fraction of sp³-hybridized carbons (Fsp3) is 0.259. The molecule has 0 aliphatic heterocycles. The lowest BCUT2D eigenvalue weighted by Crippen LogP contribution is -2.14. The van der Waals surface area contributed by atoms with Crippen LogP contribution < -0.4 is 5.32 Å². The van der Waals surface area contributed by atoms with Crippen molar-refractivity contribution in [2.24, 2.45) is 0 Å². The van der Waals surface area contributed by atoms with E-state index in [0.29, 0.717) is 17.9 Å². The standard InChI is InChI=1S/C27H28N2O2/c1-17-14-23-24(15-18(17)2)31-25(29-23)16-19-6-12-22(13-7-19)28-26(30)20-8-10-21(11-9-20)27(3,4)5/h6-15H,16H2,1-5H3,(H,28,30). The summed E-state index contributed by atoms with van der Waals surface area (Å²) in [6, 6.07) is 19.7. The van der Waals surface area contributed by atoms with Crippen molar-refractivity contribution in [1.82, 2.24) is 4.98 Å². The lowest BCUT2D eigenvalue weighted by atomic mass is 9.87. The minimum atomic E-state index is -0.113. The zero-order valence-electron chi connectivity index (χ0n) is 18.7. The molecule has 0 unspecified atom stereocenters. The third kappa shape index (κ3) is 4.69. The first-order valence-corrected chi connectivity index (χ1v) is 10.6. The summed E-state index contributed by atoms with van der Waals surface area (Å²) in [5.74, 6) is 0.577. The second-order valence-electron chi connectivity index (χ2n) is 9.17. The largest absolute Gasteiger partial charge is 0.440 e. The van der Waals surface area contributed by atoms with Gasteiger partial charge in [0.25, 0.3) is 5.91 Å². The summed E-state index contributed by atoms with van der Waals surface area (Å²) in [6.45, 7) is 10.6. The van der Waals surface area contributed by atoms with Gasteiger partial charge in [0.05, 0.1) is 0 Å². The minimum Gasteiger partial charge on any atom is -0.440 e. The van der Waals surface area contributed by atoms with Gasteiger partial charge in [0.15, 0.2) is 11.5 Å². The van der Waals surface area contributed by atoms with Crippen LogP contribution in [0.2, 0.25) is 0 Å². The number of carbonyl (C=O) groups is 1. The first kappa shape index (κ1) is 20.9. The van der Waals surface area contributed by atoms with Crippen molar-refractivity contribution < 1.29 is 9.21 Å². The van der Waals surface area contributed by atoms with E-state index in [1.54, 1.807) is 0 Å². The molecule has 158 valence electrons. The summed E-state index contributed by atoms with van der Waals surface area (Å²) in [5, 5.41) is 2.96. The van der Waals surface area contributed by atoms with E-state index >= 15 is 0 Å². The van der Waals surface area contributed by atoms with E-state index in [2.05, 4.69) is 51.0 Å². The minimum absolute atomic E-state index is 0.0667. The van der Waals surface area contributed by atoms with Gasteiger partial charge in [0.1, 0.15) is 5.52 Å². The van der Waals surface area contributed by atoms with Gasteiger partial charge in [-0.25, -0.2) is 4.98 Å². The van der Waals surface area contributed by atoms with Gasteiger partial charge in [-0.2, -0.15) is 0 Å². The van der Waals surface area contributed by atoms with Crippen LogP contribution in [0.3, 0.4) is 0 Å². The third-order valence-corrected chi connectivity index (χ3v) is 5.63. The zero-order valence-corrected chi connectivity index (χ0v) is 18.7. The number of rotatable bonds is 4. The molecule has 3 aromatic carbocycles. The Morgan fingerprint density at radius 1 is 0.935 bits per heavy atom. The van der Waals surface area contributed by atoms with Crippen LogP contribution in [0.25, 0.3) is 11.1 Å². The highest BCUT2D eigenvalue weighted by molar-refractivity contribution is 6.04. The summed E-state index contributed by atoms with van der Waals surface area (Å²) >= 11 is 0. The van der Waals surface area contributed by atoms with Crippen LogP contribution in [0.1, 0.15) is 59.3 Å². The molecule has 0 saturated heterocycles. The van der Waals surface area contributed by atoms with Crippen molar-refractivity contribution in [3.63, 3.8) is 0 Å². The lowest BCUT2D eigenvalue weighted by molar-refractivity contribution is 0.102. The van der Waals surface area contributed by atoms with E-state index in [9.17, 15) is 4.79 Å². The fourth-order valence-corrected chi connectivity index (χ4v) is 3.51. The van der Waals surface area contributed by atoms with Crippen LogP contribution in [-0.2, 0) is 11.8 Å². The number of nitrogens with one attached hydrogen (secondary N) is 1. The highest BCUT2D eigenvalue weighted by Gasteiger charge is 2.14. The van der Waals surface area contributed by atoms with E-state index in [0.717, 1.165) is 22.4 Å². The van der Waals surface area contributed by atoms with Gasteiger partial charge in [-0.1, -0.05) is 45.0 Å². The van der Waals surface area contributed by atoms with E-state index in [-0.39, 0.29) is 11.3 Å². The monoisotopic (exact) mass is 412 g/mol. The summed E-state index contributed by atoms with van der Waals surface area (Å²) in [4.78, 5) is 17.2. The molecule has 31 heavy (non-hydrogen) atoms. The molecule has 4 rings (SSSR count). The molecule has 1 N–H and O–H groups in total. The number of hydrogen-bond donors (Lipinski definition) is 1. The van der Waals surface area contributed by atoms with Crippen LogP contribution in [0.4, 0.5) is 5.69 Å². The molecule has 1 amide bonds. The van der Waals surface area contributed by atoms with Gasteiger partial charge < -0.3 is 9.73 Å². The molecule has 1 aromatic heterocycles. The Morgan fingerprint density at radius 2 is 1.58 bits per heavy atom. The highest BCUT2D eigenvalue weighted by atomic mass is 16.3. The van der Waals surface area contributed by atoms with E-state index < -0.39 is 0 Å². The Kier molecular flexibility index (Phi) is 5.40. The van der Waals surface area contributed by atoms with Gasteiger partial charge >= 0.3 is 0 Å². The molecule has 0 aliphatic carbocycles. The van der Waals surface area contributed by atoms with Gasteiger partial charge in [0.2, 0.25) is 0 Å². The quantitative estimate of drug-likeness (QED) is 0.412. The fourth-order valence-electron chi connectivity index (χ4n) is 3.51. The van der Waals surface area contributed by atoms with Gasteiger partial charge in [0, 0.05) is 17.7 Å². The molecule has 0 fully saturated rings. The van der Waals surface area contributed by atoms with E-state index in [4.69, 9.17) is 4.42 Å². The number of oxazole rings is 1. The molecular formula is C27H28N2O2. The van der Waals surface area contributed by atoms with Gasteiger partial charge in [-0.05, 0) is 77.9 Å².